The number of nitriles is 1. The van der Waals surface area contributed by atoms with Crippen molar-refractivity contribution in [2.75, 3.05) is 0 Å². The lowest BCUT2D eigenvalue weighted by Gasteiger charge is -2.13. The number of Topliss-reactive ketones (excluding diaryl/α,β-unsaturated/α-hetero) is 1. The molecule has 0 saturated carbocycles. The fraction of sp³-hybridized carbons (Fsp3) is 0.227. The van der Waals surface area contributed by atoms with Crippen molar-refractivity contribution in [3.8, 4) is 11.8 Å². The van der Waals surface area contributed by atoms with E-state index in [1.807, 2.05) is 47.1 Å². The highest BCUT2D eigenvalue weighted by Crippen LogP contribution is 2.28. The maximum atomic E-state index is 12.6. The molecule has 0 bridgehead atoms. The van der Waals surface area contributed by atoms with E-state index in [4.69, 9.17) is 10.4 Å². The van der Waals surface area contributed by atoms with Crippen LogP contribution in [0.15, 0.2) is 54.6 Å². The zero-order chi connectivity index (χ0) is 17.9. The number of benzene rings is 2. The van der Waals surface area contributed by atoms with E-state index >= 15 is 0 Å². The van der Waals surface area contributed by atoms with Crippen molar-refractivity contribution in [1.29, 1.82) is 5.26 Å². The summed E-state index contributed by atoms with van der Waals surface area (Å²) in [5, 5.41) is 13.6. The first-order valence-corrected chi connectivity index (χ1v) is 8.90. The van der Waals surface area contributed by atoms with Gasteiger partial charge in [-0.25, -0.2) is 4.68 Å². The van der Waals surface area contributed by atoms with E-state index in [1.54, 1.807) is 0 Å². The molecule has 4 heteroatoms. The van der Waals surface area contributed by atoms with Crippen molar-refractivity contribution in [2.45, 2.75) is 32.1 Å². The summed E-state index contributed by atoms with van der Waals surface area (Å²) in [6.45, 7) is 0. The molecule has 2 aromatic carbocycles. The molecule has 0 atom stereocenters. The minimum atomic E-state index is 0.199. The molecule has 0 amide bonds. The first-order valence-electron chi connectivity index (χ1n) is 8.90. The van der Waals surface area contributed by atoms with Crippen LogP contribution in [-0.4, -0.2) is 15.6 Å². The van der Waals surface area contributed by atoms with Gasteiger partial charge in [-0.15, -0.1) is 0 Å². The van der Waals surface area contributed by atoms with E-state index in [0.29, 0.717) is 19.3 Å². The van der Waals surface area contributed by atoms with E-state index in [1.165, 1.54) is 0 Å². The lowest BCUT2D eigenvalue weighted by Crippen LogP contribution is -2.13. The predicted molar refractivity (Wildman–Crippen MR) is 99.4 cm³/mol. The number of nitrogens with zero attached hydrogens (tertiary/aromatic N) is 3. The molecule has 1 heterocycles. The fourth-order valence-electron chi connectivity index (χ4n) is 3.57. The Morgan fingerprint density at radius 1 is 1.00 bits per heavy atom. The summed E-state index contributed by atoms with van der Waals surface area (Å²) in [5.74, 6) is 0.199. The van der Waals surface area contributed by atoms with Gasteiger partial charge >= 0.3 is 0 Å². The van der Waals surface area contributed by atoms with Crippen LogP contribution in [0, 0.1) is 11.3 Å². The molecule has 26 heavy (non-hydrogen) atoms. The first-order chi connectivity index (χ1) is 12.8. The van der Waals surface area contributed by atoms with Crippen LogP contribution in [0.2, 0.25) is 0 Å². The van der Waals surface area contributed by atoms with Crippen molar-refractivity contribution in [3.63, 3.8) is 0 Å². The van der Waals surface area contributed by atoms with E-state index in [9.17, 15) is 4.79 Å². The Balaban J connectivity index is 1.77. The van der Waals surface area contributed by atoms with Crippen LogP contribution in [0.1, 0.15) is 45.7 Å². The number of carbonyl (C=O) groups is 1. The van der Waals surface area contributed by atoms with Gasteiger partial charge in [0.05, 0.1) is 35.1 Å². The lowest BCUT2D eigenvalue weighted by molar-refractivity contribution is 0.0971. The highest BCUT2D eigenvalue weighted by molar-refractivity contribution is 5.99. The van der Waals surface area contributed by atoms with Crippen molar-refractivity contribution in [2.24, 2.45) is 0 Å². The molecule has 0 saturated heterocycles. The summed E-state index contributed by atoms with van der Waals surface area (Å²) in [4.78, 5) is 12.6. The monoisotopic (exact) mass is 341 g/mol. The molecular weight excluding hydrogens is 322 g/mol. The maximum absolute atomic E-state index is 12.6. The zero-order valence-corrected chi connectivity index (χ0v) is 14.5. The quantitative estimate of drug-likeness (QED) is 0.719. The molecular formula is C22H19N3O. The third-order valence-corrected chi connectivity index (χ3v) is 4.83. The molecule has 1 aliphatic rings. The second kappa shape index (κ2) is 6.97. The van der Waals surface area contributed by atoms with Gasteiger partial charge in [-0.05, 0) is 36.1 Å². The maximum Gasteiger partial charge on any atom is 0.166 e. The summed E-state index contributed by atoms with van der Waals surface area (Å²) in [5.41, 5.74) is 5.76. The Labute approximate surface area is 152 Å². The van der Waals surface area contributed by atoms with Gasteiger partial charge in [-0.3, -0.25) is 4.79 Å². The Morgan fingerprint density at radius 2 is 1.77 bits per heavy atom. The van der Waals surface area contributed by atoms with Crippen molar-refractivity contribution in [3.05, 3.63) is 82.7 Å². The van der Waals surface area contributed by atoms with Gasteiger partial charge in [0.15, 0.2) is 5.78 Å². The number of hydrogen-bond acceptors (Lipinski definition) is 3. The van der Waals surface area contributed by atoms with Crippen LogP contribution in [-0.2, 0) is 19.3 Å². The summed E-state index contributed by atoms with van der Waals surface area (Å²) < 4.78 is 1.92. The van der Waals surface area contributed by atoms with Crippen LogP contribution in [0.5, 0.6) is 0 Å². The molecule has 0 N–H and O–H groups in total. The molecule has 1 aromatic heterocycles. The number of fused-ring (bicyclic) bond motifs is 1. The Hall–Kier alpha value is -3.19. The standard InChI is InChI=1S/C22H19N3O/c23-14-13-16-9-11-18(12-10-16)25-20-7-4-8-21(26)22(20)19(24-25)15-17-5-2-1-3-6-17/h1-3,5-6,9-12H,4,7-8,13,15H2. The first kappa shape index (κ1) is 16.3. The molecule has 4 rings (SSSR count). The molecule has 128 valence electrons. The summed E-state index contributed by atoms with van der Waals surface area (Å²) in [6, 6.07) is 20.2. The van der Waals surface area contributed by atoms with Crippen molar-refractivity contribution < 1.29 is 4.79 Å². The average Bonchev–Trinajstić information content (AvgIpc) is 3.03. The van der Waals surface area contributed by atoms with Gasteiger partial charge < -0.3 is 0 Å². The van der Waals surface area contributed by atoms with Gasteiger partial charge in [0.1, 0.15) is 0 Å². The number of aromatic nitrogens is 2. The van der Waals surface area contributed by atoms with Gasteiger partial charge in [0.2, 0.25) is 0 Å². The van der Waals surface area contributed by atoms with E-state index in [0.717, 1.165) is 46.6 Å². The van der Waals surface area contributed by atoms with Crippen molar-refractivity contribution >= 4 is 5.78 Å². The Morgan fingerprint density at radius 3 is 2.50 bits per heavy atom. The van der Waals surface area contributed by atoms with Crippen LogP contribution in [0.25, 0.3) is 5.69 Å². The van der Waals surface area contributed by atoms with Gasteiger partial charge in [0, 0.05) is 12.8 Å². The minimum absolute atomic E-state index is 0.199. The fourth-order valence-corrected chi connectivity index (χ4v) is 3.57. The van der Waals surface area contributed by atoms with Crippen LogP contribution >= 0.6 is 0 Å². The lowest BCUT2D eigenvalue weighted by atomic mass is 9.92. The number of hydrogen-bond donors (Lipinski definition) is 0. The molecule has 0 aliphatic heterocycles. The molecule has 4 nitrogen and oxygen atoms in total. The van der Waals surface area contributed by atoms with Crippen LogP contribution < -0.4 is 0 Å². The normalized spacial score (nSPS) is 13.3. The molecule has 0 unspecified atom stereocenters. The van der Waals surface area contributed by atoms with Gasteiger partial charge in [0.25, 0.3) is 0 Å². The number of rotatable bonds is 4. The topological polar surface area (TPSA) is 58.7 Å². The zero-order valence-electron chi connectivity index (χ0n) is 14.5. The summed E-state index contributed by atoms with van der Waals surface area (Å²) >= 11 is 0. The minimum Gasteiger partial charge on any atom is -0.294 e. The highest BCUT2D eigenvalue weighted by atomic mass is 16.1. The average molecular weight is 341 g/mol. The Bertz CT molecular complexity index is 979. The molecule has 0 spiro atoms. The van der Waals surface area contributed by atoms with Crippen LogP contribution in [0.4, 0.5) is 0 Å². The molecule has 3 aromatic rings. The third-order valence-electron chi connectivity index (χ3n) is 4.83. The molecule has 1 aliphatic carbocycles. The third kappa shape index (κ3) is 3.04. The highest BCUT2D eigenvalue weighted by Gasteiger charge is 2.27. The van der Waals surface area contributed by atoms with Crippen molar-refractivity contribution in [1.82, 2.24) is 9.78 Å². The smallest absolute Gasteiger partial charge is 0.166 e. The largest absolute Gasteiger partial charge is 0.294 e. The molecule has 0 fully saturated rings. The predicted octanol–water partition coefficient (Wildman–Crippen LogP) is 4.05. The summed E-state index contributed by atoms with van der Waals surface area (Å²) in [6.07, 6.45) is 3.39. The molecule has 0 radical (unpaired) electrons. The van der Waals surface area contributed by atoms with E-state index in [2.05, 4.69) is 18.2 Å². The van der Waals surface area contributed by atoms with Crippen LogP contribution in [0.3, 0.4) is 0 Å². The Kier molecular flexibility index (Phi) is 4.37. The van der Waals surface area contributed by atoms with E-state index < -0.39 is 0 Å². The van der Waals surface area contributed by atoms with Gasteiger partial charge in [-0.1, -0.05) is 42.5 Å². The van der Waals surface area contributed by atoms with E-state index in [-0.39, 0.29) is 5.78 Å². The van der Waals surface area contributed by atoms with Gasteiger partial charge in [-0.2, -0.15) is 10.4 Å². The SMILES string of the molecule is N#CCc1ccc(-n2nc(Cc3ccccc3)c3c2CCCC3=O)cc1. The number of ketones is 1. The second-order valence-corrected chi connectivity index (χ2v) is 6.62. The summed E-state index contributed by atoms with van der Waals surface area (Å²) in [7, 11) is 0. The number of carbonyl (C=O) groups excluding carboxylic acids is 1. The second-order valence-electron chi connectivity index (χ2n) is 6.62.